The van der Waals surface area contributed by atoms with Gasteiger partial charge in [0.2, 0.25) is 0 Å². The lowest BCUT2D eigenvalue weighted by Gasteiger charge is -2.20. The number of nitrogens with one attached hydrogen (secondary N) is 1. The Morgan fingerprint density at radius 3 is 2.50 bits per heavy atom. The Morgan fingerprint density at radius 2 is 1.95 bits per heavy atom. The molecule has 1 atom stereocenters. The van der Waals surface area contributed by atoms with Crippen molar-refractivity contribution in [2.45, 2.75) is 46.3 Å². The van der Waals surface area contributed by atoms with E-state index in [1.165, 1.54) is 0 Å². The van der Waals surface area contributed by atoms with Crippen molar-refractivity contribution >= 4 is 27.8 Å². The average molecular weight is 372 g/mol. The van der Waals surface area contributed by atoms with E-state index < -0.39 is 17.7 Å². The maximum atomic E-state index is 11.9. The van der Waals surface area contributed by atoms with Crippen molar-refractivity contribution in [2.75, 3.05) is 6.54 Å². The van der Waals surface area contributed by atoms with Gasteiger partial charge in [0.25, 0.3) is 5.91 Å². The van der Waals surface area contributed by atoms with Gasteiger partial charge in [0.05, 0.1) is 4.47 Å². The van der Waals surface area contributed by atoms with Crippen molar-refractivity contribution in [3.05, 3.63) is 28.2 Å². The normalized spacial score (nSPS) is 12.5. The topological polar surface area (TPSA) is 64.6 Å². The molecule has 6 heteroatoms. The molecule has 0 saturated heterocycles. The summed E-state index contributed by atoms with van der Waals surface area (Å²) in [7, 11) is 0. The molecule has 0 aromatic heterocycles. The van der Waals surface area contributed by atoms with Crippen molar-refractivity contribution in [3.63, 3.8) is 0 Å². The SMILES string of the molecule is Cc1ccc(OC(C)C(=O)NCC(=O)OC(C)(C)C)c(Br)c1. The third kappa shape index (κ3) is 6.47. The summed E-state index contributed by atoms with van der Waals surface area (Å²) in [5, 5.41) is 2.50. The molecule has 1 aromatic carbocycles. The first-order valence-electron chi connectivity index (χ1n) is 7.01. The van der Waals surface area contributed by atoms with E-state index in [1.54, 1.807) is 33.8 Å². The third-order valence-electron chi connectivity index (χ3n) is 2.59. The molecule has 1 amide bonds. The Kier molecular flexibility index (Phi) is 6.41. The van der Waals surface area contributed by atoms with Crippen molar-refractivity contribution < 1.29 is 19.1 Å². The fourth-order valence-electron chi connectivity index (χ4n) is 1.63. The van der Waals surface area contributed by atoms with Gasteiger partial charge in [-0.1, -0.05) is 6.07 Å². The fraction of sp³-hybridized carbons (Fsp3) is 0.500. The summed E-state index contributed by atoms with van der Waals surface area (Å²) in [6, 6.07) is 5.59. The van der Waals surface area contributed by atoms with Gasteiger partial charge in [-0.15, -0.1) is 0 Å². The number of aryl methyl sites for hydroxylation is 1. The zero-order chi connectivity index (χ0) is 16.9. The van der Waals surface area contributed by atoms with E-state index in [2.05, 4.69) is 21.2 Å². The van der Waals surface area contributed by atoms with E-state index in [1.807, 2.05) is 19.1 Å². The Balaban J connectivity index is 2.50. The van der Waals surface area contributed by atoms with Gasteiger partial charge in [0.1, 0.15) is 17.9 Å². The van der Waals surface area contributed by atoms with Crippen LogP contribution in [0.2, 0.25) is 0 Å². The first-order valence-corrected chi connectivity index (χ1v) is 7.80. The molecule has 0 bridgehead atoms. The summed E-state index contributed by atoms with van der Waals surface area (Å²) in [4.78, 5) is 23.5. The van der Waals surface area contributed by atoms with Gasteiger partial charge >= 0.3 is 5.97 Å². The molecule has 0 radical (unpaired) electrons. The van der Waals surface area contributed by atoms with Crippen LogP contribution in [0, 0.1) is 6.92 Å². The molecule has 0 spiro atoms. The van der Waals surface area contributed by atoms with Crippen LogP contribution in [-0.2, 0) is 14.3 Å². The molecule has 0 aliphatic heterocycles. The minimum absolute atomic E-state index is 0.182. The number of ether oxygens (including phenoxy) is 2. The molecule has 22 heavy (non-hydrogen) atoms. The molecule has 0 heterocycles. The highest BCUT2D eigenvalue weighted by molar-refractivity contribution is 9.10. The highest BCUT2D eigenvalue weighted by Gasteiger charge is 2.20. The molecule has 0 aliphatic rings. The fourth-order valence-corrected chi connectivity index (χ4v) is 2.21. The van der Waals surface area contributed by atoms with E-state index in [-0.39, 0.29) is 12.5 Å². The molecule has 0 fully saturated rings. The summed E-state index contributed by atoms with van der Waals surface area (Å²) in [5.74, 6) is -0.284. The Bertz CT molecular complexity index is 552. The second-order valence-electron chi connectivity index (χ2n) is 6.00. The summed E-state index contributed by atoms with van der Waals surface area (Å²) < 4.78 is 11.5. The maximum absolute atomic E-state index is 11.9. The number of hydrogen-bond donors (Lipinski definition) is 1. The largest absolute Gasteiger partial charge is 0.480 e. The summed E-state index contributed by atoms with van der Waals surface area (Å²) in [5.41, 5.74) is 0.512. The van der Waals surface area contributed by atoms with Crippen LogP contribution in [0.15, 0.2) is 22.7 Å². The Morgan fingerprint density at radius 1 is 1.32 bits per heavy atom. The molecule has 1 unspecified atom stereocenters. The van der Waals surface area contributed by atoms with Crippen LogP contribution in [0.1, 0.15) is 33.3 Å². The number of rotatable bonds is 5. The van der Waals surface area contributed by atoms with Crippen LogP contribution < -0.4 is 10.1 Å². The van der Waals surface area contributed by atoms with Crippen molar-refractivity contribution in [1.82, 2.24) is 5.32 Å². The minimum Gasteiger partial charge on any atom is -0.480 e. The van der Waals surface area contributed by atoms with Gasteiger partial charge in [-0.2, -0.15) is 0 Å². The highest BCUT2D eigenvalue weighted by atomic mass is 79.9. The molecular formula is C16H22BrNO4. The predicted octanol–water partition coefficient (Wildman–Crippen LogP) is 2.98. The standard InChI is InChI=1S/C16H22BrNO4/c1-10-6-7-13(12(17)8-10)21-11(2)15(20)18-9-14(19)22-16(3,4)5/h6-8,11H,9H2,1-5H3,(H,18,20). The smallest absolute Gasteiger partial charge is 0.325 e. The van der Waals surface area contributed by atoms with Crippen LogP contribution in [0.5, 0.6) is 5.75 Å². The molecule has 0 saturated carbocycles. The quantitative estimate of drug-likeness (QED) is 0.808. The molecular weight excluding hydrogens is 350 g/mol. The number of esters is 1. The van der Waals surface area contributed by atoms with Crippen LogP contribution in [0.4, 0.5) is 0 Å². The summed E-state index contributed by atoms with van der Waals surface area (Å²) >= 11 is 3.39. The lowest BCUT2D eigenvalue weighted by Crippen LogP contribution is -2.40. The molecule has 1 aromatic rings. The zero-order valence-electron chi connectivity index (χ0n) is 13.5. The van der Waals surface area contributed by atoms with Gasteiger partial charge < -0.3 is 14.8 Å². The lowest BCUT2D eigenvalue weighted by molar-refractivity contribution is -0.154. The number of hydrogen-bond acceptors (Lipinski definition) is 4. The van der Waals surface area contributed by atoms with E-state index in [9.17, 15) is 9.59 Å². The Hall–Kier alpha value is -1.56. The number of carbonyl (C=O) groups is 2. The van der Waals surface area contributed by atoms with Crippen LogP contribution >= 0.6 is 15.9 Å². The third-order valence-corrected chi connectivity index (χ3v) is 3.21. The van der Waals surface area contributed by atoms with E-state index in [4.69, 9.17) is 9.47 Å². The van der Waals surface area contributed by atoms with E-state index in [0.29, 0.717) is 5.75 Å². The van der Waals surface area contributed by atoms with Gasteiger partial charge in [-0.25, -0.2) is 0 Å². The molecule has 1 N–H and O–H groups in total. The van der Waals surface area contributed by atoms with E-state index in [0.717, 1.165) is 10.0 Å². The predicted molar refractivity (Wildman–Crippen MR) is 87.8 cm³/mol. The first kappa shape index (κ1) is 18.5. The van der Waals surface area contributed by atoms with Gasteiger partial charge in [0, 0.05) is 0 Å². The molecule has 0 aliphatic carbocycles. The van der Waals surface area contributed by atoms with E-state index >= 15 is 0 Å². The molecule has 122 valence electrons. The summed E-state index contributed by atoms with van der Waals surface area (Å²) in [6.07, 6.45) is -0.721. The first-order chi connectivity index (χ1) is 10.1. The number of carbonyl (C=O) groups excluding carboxylic acids is 2. The number of benzene rings is 1. The van der Waals surface area contributed by atoms with Gasteiger partial charge in [-0.3, -0.25) is 9.59 Å². The van der Waals surface area contributed by atoms with Crippen molar-refractivity contribution in [1.29, 1.82) is 0 Å². The van der Waals surface area contributed by atoms with Crippen LogP contribution in [0.3, 0.4) is 0 Å². The van der Waals surface area contributed by atoms with Crippen LogP contribution in [0.25, 0.3) is 0 Å². The van der Waals surface area contributed by atoms with Crippen molar-refractivity contribution in [2.24, 2.45) is 0 Å². The number of amides is 1. The van der Waals surface area contributed by atoms with Crippen molar-refractivity contribution in [3.8, 4) is 5.75 Å². The van der Waals surface area contributed by atoms with Gasteiger partial charge in [-0.05, 0) is 68.2 Å². The second-order valence-corrected chi connectivity index (χ2v) is 6.85. The maximum Gasteiger partial charge on any atom is 0.325 e. The second kappa shape index (κ2) is 7.63. The van der Waals surface area contributed by atoms with Crippen LogP contribution in [-0.4, -0.2) is 30.1 Å². The summed E-state index contributed by atoms with van der Waals surface area (Å²) in [6.45, 7) is 8.72. The average Bonchev–Trinajstić information content (AvgIpc) is 2.37. The molecule has 5 nitrogen and oxygen atoms in total. The monoisotopic (exact) mass is 371 g/mol. The minimum atomic E-state index is -0.721. The lowest BCUT2D eigenvalue weighted by atomic mass is 10.2. The molecule has 1 rings (SSSR count). The zero-order valence-corrected chi connectivity index (χ0v) is 15.1. The Labute approximate surface area is 139 Å². The van der Waals surface area contributed by atoms with Gasteiger partial charge in [0.15, 0.2) is 6.10 Å². The number of halogens is 1. The highest BCUT2D eigenvalue weighted by Crippen LogP contribution is 2.26.